The van der Waals surface area contributed by atoms with E-state index < -0.39 is 23.1 Å². The minimum atomic E-state index is -0.866. The summed E-state index contributed by atoms with van der Waals surface area (Å²) in [5, 5.41) is 0. The van der Waals surface area contributed by atoms with Gasteiger partial charge in [-0.25, -0.2) is 13.6 Å². The number of nitrogens with zero attached hydrogens (tertiary/aromatic N) is 4. The minimum Gasteiger partial charge on any atom is -0.473 e. The fourth-order valence-corrected chi connectivity index (χ4v) is 4.48. The highest BCUT2D eigenvalue weighted by Gasteiger charge is 2.41. The van der Waals surface area contributed by atoms with Crippen molar-refractivity contribution in [3.05, 3.63) is 69.9 Å². The molecule has 1 aliphatic heterocycles. The number of aryl methyl sites for hydroxylation is 1. The second-order valence-electron chi connectivity index (χ2n) is 8.98. The van der Waals surface area contributed by atoms with E-state index in [1.807, 2.05) is 7.05 Å². The van der Waals surface area contributed by atoms with E-state index in [1.54, 1.807) is 29.7 Å². The molecule has 3 heterocycles. The number of rotatable bonds is 9. The second kappa shape index (κ2) is 10.0. The Hall–Kier alpha value is -3.49. The van der Waals surface area contributed by atoms with Gasteiger partial charge in [0, 0.05) is 18.8 Å². The molecule has 35 heavy (non-hydrogen) atoms. The van der Waals surface area contributed by atoms with Crippen molar-refractivity contribution in [3.63, 3.8) is 0 Å². The highest BCUT2D eigenvalue weighted by Crippen LogP contribution is 2.38. The summed E-state index contributed by atoms with van der Waals surface area (Å²) in [5.41, 5.74) is 0.468. The van der Waals surface area contributed by atoms with Crippen LogP contribution in [0.25, 0.3) is 0 Å². The van der Waals surface area contributed by atoms with Crippen molar-refractivity contribution in [2.75, 3.05) is 11.9 Å². The summed E-state index contributed by atoms with van der Waals surface area (Å²) < 4.78 is 41.9. The van der Waals surface area contributed by atoms with Gasteiger partial charge < -0.3 is 14.4 Å². The predicted octanol–water partition coefficient (Wildman–Crippen LogP) is 5.39. The molecule has 2 aromatic heterocycles. The van der Waals surface area contributed by atoms with E-state index in [4.69, 9.17) is 9.47 Å². The number of halogens is 2. The number of fused-ring (bicyclic) bond motifs is 1. The van der Waals surface area contributed by atoms with Gasteiger partial charge in [-0.3, -0.25) is 9.55 Å². The summed E-state index contributed by atoms with van der Waals surface area (Å²) in [7, 11) is 1.98. The molecule has 7 nitrogen and oxygen atoms in total. The quantitative estimate of drug-likeness (QED) is 0.406. The van der Waals surface area contributed by atoms with Crippen molar-refractivity contribution in [1.29, 1.82) is 0 Å². The predicted molar refractivity (Wildman–Crippen MR) is 129 cm³/mol. The Bertz CT molecular complexity index is 1240. The smallest absolute Gasteiger partial charge is 0.352 e. The molecule has 1 aliphatic rings. The molecule has 0 amide bonds. The Morgan fingerprint density at radius 1 is 1.14 bits per heavy atom. The van der Waals surface area contributed by atoms with E-state index in [0.29, 0.717) is 6.54 Å². The fourth-order valence-electron chi connectivity index (χ4n) is 4.48. The number of pyridine rings is 1. The standard InChI is InChI=1S/C26H30F2N4O3/c1-5-7-10-26(6-2)16-32-23(31(26)4)13-22(30-25(32)33)34-15-18-11-20(27)24(21(28)12-18)35-19-9-8-17(3)29-14-19/h8-9,11-14H,5-7,10,15-16H2,1-4H3. The van der Waals surface area contributed by atoms with Crippen molar-refractivity contribution in [2.45, 2.75) is 65.1 Å². The normalized spacial score (nSPS) is 16.9. The number of hydrogen-bond acceptors (Lipinski definition) is 6. The lowest BCUT2D eigenvalue weighted by Gasteiger charge is -2.36. The van der Waals surface area contributed by atoms with Crippen molar-refractivity contribution in [1.82, 2.24) is 14.5 Å². The van der Waals surface area contributed by atoms with Crippen LogP contribution in [0.5, 0.6) is 17.4 Å². The zero-order valence-corrected chi connectivity index (χ0v) is 20.5. The van der Waals surface area contributed by atoms with Crippen LogP contribution in [0.1, 0.15) is 50.8 Å². The molecule has 4 rings (SSSR count). The van der Waals surface area contributed by atoms with Crippen molar-refractivity contribution in [2.24, 2.45) is 0 Å². The number of hydrogen-bond donors (Lipinski definition) is 0. The molecule has 9 heteroatoms. The van der Waals surface area contributed by atoms with Crippen LogP contribution in [0.2, 0.25) is 0 Å². The fraction of sp³-hybridized carbons (Fsp3) is 0.423. The molecule has 0 radical (unpaired) electrons. The maximum Gasteiger partial charge on any atom is 0.352 e. The molecular weight excluding hydrogens is 454 g/mol. The molecule has 0 aliphatic carbocycles. The van der Waals surface area contributed by atoms with Gasteiger partial charge in [-0.2, -0.15) is 4.98 Å². The average molecular weight is 485 g/mol. The van der Waals surface area contributed by atoms with Crippen LogP contribution in [0.4, 0.5) is 14.6 Å². The third-order valence-corrected chi connectivity index (χ3v) is 6.68. The molecule has 3 aromatic rings. The first-order valence-corrected chi connectivity index (χ1v) is 11.8. The molecule has 0 spiro atoms. The number of likely N-dealkylation sites (N-methyl/N-ethyl adjacent to an activating group) is 1. The van der Waals surface area contributed by atoms with Gasteiger partial charge in [0.2, 0.25) is 5.88 Å². The van der Waals surface area contributed by atoms with Crippen molar-refractivity contribution >= 4 is 5.82 Å². The molecule has 0 saturated heterocycles. The second-order valence-corrected chi connectivity index (χ2v) is 8.98. The van der Waals surface area contributed by atoms with E-state index >= 15 is 0 Å². The topological polar surface area (TPSA) is 69.5 Å². The minimum absolute atomic E-state index is 0.113. The molecule has 1 aromatic carbocycles. The van der Waals surface area contributed by atoms with Crippen LogP contribution in [0.3, 0.4) is 0 Å². The molecule has 0 bridgehead atoms. The number of anilines is 1. The van der Waals surface area contributed by atoms with Crippen LogP contribution in [-0.4, -0.2) is 27.1 Å². The highest BCUT2D eigenvalue weighted by atomic mass is 19.1. The first-order chi connectivity index (χ1) is 16.8. The van der Waals surface area contributed by atoms with Crippen LogP contribution < -0.4 is 20.1 Å². The van der Waals surface area contributed by atoms with E-state index in [9.17, 15) is 13.6 Å². The first-order valence-electron chi connectivity index (χ1n) is 11.8. The van der Waals surface area contributed by atoms with E-state index in [0.717, 1.165) is 49.3 Å². The lowest BCUT2D eigenvalue weighted by Crippen LogP contribution is -2.44. The van der Waals surface area contributed by atoms with Gasteiger partial charge in [0.15, 0.2) is 17.4 Å². The van der Waals surface area contributed by atoms with Crippen LogP contribution >= 0.6 is 0 Å². The van der Waals surface area contributed by atoms with Gasteiger partial charge in [0.1, 0.15) is 18.2 Å². The largest absolute Gasteiger partial charge is 0.473 e. The lowest BCUT2D eigenvalue weighted by molar-refractivity contribution is 0.289. The monoisotopic (exact) mass is 484 g/mol. The van der Waals surface area contributed by atoms with E-state index in [2.05, 4.69) is 28.7 Å². The maximum absolute atomic E-state index is 14.6. The summed E-state index contributed by atoms with van der Waals surface area (Å²) in [6.45, 7) is 6.49. The van der Waals surface area contributed by atoms with Crippen molar-refractivity contribution in [3.8, 4) is 17.4 Å². The Balaban J connectivity index is 1.50. The zero-order valence-electron chi connectivity index (χ0n) is 20.5. The summed E-state index contributed by atoms with van der Waals surface area (Å²) >= 11 is 0. The Morgan fingerprint density at radius 3 is 2.51 bits per heavy atom. The van der Waals surface area contributed by atoms with Crippen molar-refractivity contribution < 1.29 is 18.3 Å². The Morgan fingerprint density at radius 2 is 1.89 bits per heavy atom. The van der Waals surface area contributed by atoms with Crippen LogP contribution in [0.15, 0.2) is 41.3 Å². The third-order valence-electron chi connectivity index (χ3n) is 6.68. The van der Waals surface area contributed by atoms with Gasteiger partial charge >= 0.3 is 5.69 Å². The Labute approximate surface area is 203 Å². The first kappa shape index (κ1) is 24.6. The van der Waals surface area contributed by atoms with Gasteiger partial charge in [0.25, 0.3) is 0 Å². The number of aromatic nitrogens is 3. The maximum atomic E-state index is 14.6. The molecule has 0 fully saturated rings. The summed E-state index contributed by atoms with van der Waals surface area (Å²) in [6.07, 6.45) is 5.41. The van der Waals surface area contributed by atoms with Crippen LogP contribution in [-0.2, 0) is 13.2 Å². The zero-order chi connectivity index (χ0) is 25.2. The van der Waals surface area contributed by atoms with E-state index in [1.165, 1.54) is 6.20 Å². The summed E-state index contributed by atoms with van der Waals surface area (Å²) in [6, 6.07) is 7.26. The van der Waals surface area contributed by atoms with Gasteiger partial charge in [-0.15, -0.1) is 0 Å². The molecule has 1 unspecified atom stereocenters. The average Bonchev–Trinajstić information content (AvgIpc) is 3.12. The van der Waals surface area contributed by atoms with Gasteiger partial charge in [0.05, 0.1) is 18.3 Å². The number of benzene rings is 1. The summed E-state index contributed by atoms with van der Waals surface area (Å²) in [5.74, 6) is -1.18. The molecule has 186 valence electrons. The Kier molecular flexibility index (Phi) is 7.05. The number of unbranched alkanes of at least 4 members (excludes halogenated alkanes) is 1. The SMILES string of the molecule is CCCCC1(CC)Cn2c(cc(OCc3cc(F)c(Oc4ccc(C)nc4)c(F)c3)nc2=O)N1C. The highest BCUT2D eigenvalue weighted by molar-refractivity contribution is 5.48. The number of ether oxygens (including phenoxy) is 2. The van der Waals surface area contributed by atoms with Gasteiger partial charge in [-0.05, 0) is 49.6 Å². The third kappa shape index (κ3) is 4.99. The lowest BCUT2D eigenvalue weighted by atomic mass is 9.89. The molecular formula is C26H30F2N4O3. The van der Waals surface area contributed by atoms with Crippen LogP contribution in [0, 0.1) is 18.6 Å². The van der Waals surface area contributed by atoms with E-state index in [-0.39, 0.29) is 29.3 Å². The van der Waals surface area contributed by atoms with Gasteiger partial charge in [-0.1, -0.05) is 26.7 Å². The molecule has 0 saturated carbocycles. The molecule has 1 atom stereocenters. The summed E-state index contributed by atoms with van der Waals surface area (Å²) in [4.78, 5) is 22.9. The molecule has 0 N–H and O–H groups in total.